The molecule has 0 aliphatic rings. The van der Waals surface area contributed by atoms with E-state index in [4.69, 9.17) is 38.3 Å². The molecule has 82 heavy (non-hydrogen) atoms. The highest BCUT2D eigenvalue weighted by Gasteiger charge is 2.13. The van der Waals surface area contributed by atoms with E-state index in [9.17, 15) is 19.2 Å². The van der Waals surface area contributed by atoms with Crippen molar-refractivity contribution in [2.75, 3.05) is 121 Å². The Morgan fingerprint density at radius 3 is 0.988 bits per heavy atom. The Morgan fingerprint density at radius 2 is 0.707 bits per heavy atom. The zero-order chi connectivity index (χ0) is 58.8. The summed E-state index contributed by atoms with van der Waals surface area (Å²) < 4.78 is 19.9. The summed E-state index contributed by atoms with van der Waals surface area (Å²) in [4.78, 5) is 81.1. The van der Waals surface area contributed by atoms with Crippen molar-refractivity contribution in [1.82, 2.24) is 21.3 Å². The van der Waals surface area contributed by atoms with Gasteiger partial charge in [0, 0.05) is 156 Å². The fraction of sp³-hybridized carbons (Fsp3) is 0.793. The largest absolute Gasteiger partial charge is 0.449 e. The maximum absolute atomic E-state index is 11.8. The van der Waals surface area contributed by atoms with Gasteiger partial charge in [0.2, 0.25) is 11.8 Å². The molecule has 0 saturated carbocycles. The van der Waals surface area contributed by atoms with Crippen LogP contribution in [0, 0.1) is 23.7 Å². The smallest absolute Gasteiger partial charge is 0.407 e. The van der Waals surface area contributed by atoms with E-state index in [2.05, 4.69) is 75.7 Å². The van der Waals surface area contributed by atoms with Gasteiger partial charge in [0.25, 0.3) is 0 Å². The van der Waals surface area contributed by atoms with Gasteiger partial charge in [-0.05, 0) is 63.2 Å². The second-order valence-corrected chi connectivity index (χ2v) is 17.3. The van der Waals surface area contributed by atoms with Crippen molar-refractivity contribution in [2.24, 2.45) is 64.3 Å². The first-order valence-corrected chi connectivity index (χ1v) is 27.4. The van der Waals surface area contributed by atoms with Crippen molar-refractivity contribution in [3.8, 4) is 0 Å². The topological polar surface area (TPSA) is 289 Å². The molecular formula is C58H120N12O12. The maximum Gasteiger partial charge on any atom is 0.407 e. The lowest BCUT2D eigenvalue weighted by Crippen LogP contribution is -2.30. The van der Waals surface area contributed by atoms with Crippen LogP contribution in [0.4, 0.5) is 9.59 Å². The van der Waals surface area contributed by atoms with E-state index in [1.165, 1.54) is 0 Å². The molecule has 0 rings (SSSR count). The van der Waals surface area contributed by atoms with Gasteiger partial charge >= 0.3 is 12.2 Å². The first-order valence-electron chi connectivity index (χ1n) is 27.4. The number of hydrogen-bond donors (Lipinski definition) is 4. The molecule has 0 aliphatic carbocycles. The maximum atomic E-state index is 11.8. The van der Waals surface area contributed by atoms with Crippen LogP contribution in [0.25, 0.3) is 0 Å². The van der Waals surface area contributed by atoms with Gasteiger partial charge in [0.05, 0.1) is 26.3 Å². The highest BCUT2D eigenvalue weighted by molar-refractivity contribution is 5.80. The van der Waals surface area contributed by atoms with Gasteiger partial charge in [0.15, 0.2) is 0 Å². The Balaban J connectivity index is -0.000000146. The average Bonchev–Trinajstić information content (AvgIpc) is 3.44. The van der Waals surface area contributed by atoms with Crippen molar-refractivity contribution >= 4 is 73.7 Å². The number of carbonyl (C=O) groups excluding carboxylic acids is 4. The Labute approximate surface area is 497 Å². The van der Waals surface area contributed by atoms with Gasteiger partial charge in [-0.25, -0.2) is 9.59 Å². The van der Waals surface area contributed by atoms with Crippen molar-refractivity contribution in [2.45, 2.75) is 161 Å². The molecule has 4 amide bonds. The molecule has 484 valence electrons. The molecule has 0 heterocycles. The first kappa shape index (κ1) is 92.4. The number of alkyl carbamates (subject to hydrolysis) is 2. The molecule has 0 fully saturated rings. The molecule has 0 saturated heterocycles. The van der Waals surface area contributed by atoms with Crippen molar-refractivity contribution in [3.05, 3.63) is 0 Å². The molecule has 0 spiro atoms. The van der Waals surface area contributed by atoms with E-state index < -0.39 is 12.2 Å². The number of ether oxygens (including phenoxy) is 4. The molecule has 0 aromatic heterocycles. The minimum absolute atomic E-state index is 0. The third kappa shape index (κ3) is 80.4. The molecule has 24 nitrogen and oxygen atoms in total. The number of nitrogens with one attached hydrogen (secondary N) is 4. The average molecular weight is 1180 g/mol. The number of carbonyl (C=O) groups is 4. The van der Waals surface area contributed by atoms with Crippen molar-refractivity contribution in [3.63, 3.8) is 0 Å². The molecule has 4 unspecified atom stereocenters. The van der Waals surface area contributed by atoms with E-state index in [0.29, 0.717) is 117 Å². The van der Waals surface area contributed by atoms with Crippen LogP contribution < -0.4 is 21.3 Å². The summed E-state index contributed by atoms with van der Waals surface area (Å²) in [5.74, 6) is 1.09. The fourth-order valence-corrected chi connectivity index (χ4v) is 5.06. The van der Waals surface area contributed by atoms with E-state index in [1.807, 2.05) is 27.7 Å². The summed E-state index contributed by atoms with van der Waals surface area (Å²) in [6.07, 6.45) is 24.4. The number of amides is 4. The zero-order valence-electron chi connectivity index (χ0n) is 49.8. The SMILES string of the molecule is C.C.C.C.CCC(C)COC(=O)NCCON=CCC=NC.CCC(C)COC(=O)NCCON=CCC=NC.CN=CCC=NOCCCCNC(=O)C(C)CCCOC.CN=CCC=NOCCCCNC(=O)C(C)CCCOC. The fourth-order valence-electron chi connectivity index (χ4n) is 5.06. The van der Waals surface area contributed by atoms with Gasteiger partial charge in [0.1, 0.15) is 26.4 Å². The minimum atomic E-state index is -0.416. The Morgan fingerprint density at radius 1 is 0.402 bits per heavy atom. The summed E-state index contributed by atoms with van der Waals surface area (Å²) in [6, 6.07) is 0. The van der Waals surface area contributed by atoms with Crippen LogP contribution >= 0.6 is 0 Å². The Kier molecular flexibility index (Phi) is 89.2. The summed E-state index contributed by atoms with van der Waals surface area (Å²) >= 11 is 0. The number of hydrogen-bond acceptors (Lipinski definition) is 20. The number of methoxy groups -OCH3 is 2. The van der Waals surface area contributed by atoms with E-state index in [1.54, 1.807) is 92.1 Å². The predicted molar refractivity (Wildman–Crippen MR) is 343 cm³/mol. The van der Waals surface area contributed by atoms with Gasteiger partial charge in [-0.2, -0.15) is 0 Å². The highest BCUT2D eigenvalue weighted by atomic mass is 16.6. The van der Waals surface area contributed by atoms with Crippen molar-refractivity contribution < 1.29 is 57.5 Å². The van der Waals surface area contributed by atoms with Gasteiger partial charge in [-0.15, -0.1) is 0 Å². The van der Waals surface area contributed by atoms with Crippen LogP contribution in [0.2, 0.25) is 0 Å². The zero-order valence-corrected chi connectivity index (χ0v) is 49.8. The van der Waals surface area contributed by atoms with Crippen LogP contribution in [0.1, 0.15) is 161 Å². The predicted octanol–water partition coefficient (Wildman–Crippen LogP) is 10.3. The molecule has 4 atom stereocenters. The van der Waals surface area contributed by atoms with Gasteiger partial charge in [-0.1, -0.05) is 105 Å². The van der Waals surface area contributed by atoms with Crippen LogP contribution in [0.5, 0.6) is 0 Å². The summed E-state index contributed by atoms with van der Waals surface area (Å²) in [5, 5.41) is 26.0. The lowest BCUT2D eigenvalue weighted by molar-refractivity contribution is -0.125. The molecule has 0 aliphatic heterocycles. The summed E-state index contributed by atoms with van der Waals surface area (Å²) in [7, 11) is 10.2. The molecule has 0 aromatic carbocycles. The third-order valence-electron chi connectivity index (χ3n) is 10.3. The van der Waals surface area contributed by atoms with Crippen molar-refractivity contribution in [1.29, 1.82) is 0 Å². The normalized spacial score (nSPS) is 12.2. The first-order chi connectivity index (χ1) is 37.8. The molecule has 0 bridgehead atoms. The molecule has 0 aromatic rings. The number of oxime groups is 4. The third-order valence-corrected chi connectivity index (χ3v) is 10.3. The second kappa shape index (κ2) is 79.2. The number of unbranched alkanes of at least 4 members (excludes halogenated alkanes) is 2. The van der Waals surface area contributed by atoms with Gasteiger partial charge < -0.3 is 79.5 Å². The lowest BCUT2D eigenvalue weighted by atomic mass is 10.1. The lowest BCUT2D eigenvalue weighted by Gasteiger charge is -2.11. The van der Waals surface area contributed by atoms with Crippen LogP contribution in [-0.4, -0.2) is 195 Å². The number of nitrogens with zero attached hydrogens (tertiary/aromatic N) is 8. The Hall–Kier alpha value is -6.04. The monoisotopic (exact) mass is 1180 g/mol. The molecule has 4 N–H and O–H groups in total. The number of aliphatic imine (C=N–C) groups is 4. The summed E-state index contributed by atoms with van der Waals surface area (Å²) in [5.41, 5.74) is 0. The minimum Gasteiger partial charge on any atom is -0.449 e. The molecule has 24 heteroatoms. The van der Waals surface area contributed by atoms with E-state index in [0.717, 1.165) is 64.2 Å². The van der Waals surface area contributed by atoms with Gasteiger partial charge in [-0.3, -0.25) is 9.59 Å². The standard InChI is InChI=1S/2C15H29N3O3.2C12H23N3O3.4CH4/c2*1-14(8-6-12-20-3)15(19)17-10-4-5-13-21-18-11-7-9-16-2;2*1-4-11(2)10-17-12(16)14-8-9-18-15-7-5-6-13-3;;;;/h2*9,11,14H,4-8,10,12-13H2,1-3H3,(H,17,19);2*6-7,11H,4-5,8-10H2,1-3H3,(H,14,16);4*1H4. The van der Waals surface area contributed by atoms with Crippen LogP contribution in [-0.2, 0) is 47.9 Å². The molecule has 0 radical (unpaired) electrons. The highest BCUT2D eigenvalue weighted by Crippen LogP contribution is 2.07. The molecular weight excluding hydrogens is 1060 g/mol. The van der Waals surface area contributed by atoms with E-state index in [-0.39, 0.29) is 53.4 Å². The van der Waals surface area contributed by atoms with E-state index >= 15 is 0 Å². The summed E-state index contributed by atoms with van der Waals surface area (Å²) in [6.45, 7) is 18.3. The second-order valence-electron chi connectivity index (χ2n) is 17.3. The van der Waals surface area contributed by atoms with Crippen LogP contribution in [0.15, 0.2) is 40.6 Å². The van der Waals surface area contributed by atoms with Crippen LogP contribution in [0.3, 0.4) is 0 Å². The quantitative estimate of drug-likeness (QED) is 0.0252. The Bertz CT molecular complexity index is 1490. The number of rotatable bonds is 44.